The Morgan fingerprint density at radius 1 is 1.52 bits per heavy atom. The number of nitrogens with two attached hydrogens (primary N) is 1. The molecule has 0 bridgehead atoms. The van der Waals surface area contributed by atoms with Crippen LogP contribution in [0, 0.1) is 11.3 Å². The third kappa shape index (κ3) is 4.11. The Morgan fingerprint density at radius 3 is 2.96 bits per heavy atom. The SMILES string of the molecule is CC(C)[C@@H](N)C(=O)OCCOCN1C=NC2C(=O)NC(=N)N=C21. The zero-order valence-electron chi connectivity index (χ0n) is 13.0. The van der Waals surface area contributed by atoms with Crippen LogP contribution in [0.1, 0.15) is 13.8 Å². The van der Waals surface area contributed by atoms with Gasteiger partial charge in [0, 0.05) is 0 Å². The number of hydrogen-bond acceptors (Lipinski definition) is 8. The molecule has 0 radical (unpaired) electrons. The van der Waals surface area contributed by atoms with Crippen molar-refractivity contribution < 1.29 is 19.1 Å². The fourth-order valence-electron chi connectivity index (χ4n) is 1.90. The largest absolute Gasteiger partial charge is 0.462 e. The zero-order chi connectivity index (χ0) is 17.0. The molecule has 0 saturated carbocycles. The van der Waals surface area contributed by atoms with Gasteiger partial charge in [0.15, 0.2) is 6.04 Å². The molecule has 0 spiro atoms. The molecule has 10 heteroatoms. The standard InChI is InChI=1S/C13H20N6O4/c1-7(2)8(14)12(21)23-4-3-22-6-19-5-16-9-10(19)17-13(15)18-11(9)20/h5,7-9H,3-4,6,14H2,1-2H3,(H2,15,18,20)/t8-,9?/m1/s1. The van der Waals surface area contributed by atoms with Crippen molar-refractivity contribution in [3.05, 3.63) is 0 Å². The lowest BCUT2D eigenvalue weighted by Gasteiger charge is -2.21. The minimum Gasteiger partial charge on any atom is -0.462 e. The molecule has 0 aromatic carbocycles. The van der Waals surface area contributed by atoms with Crippen molar-refractivity contribution in [1.82, 2.24) is 10.2 Å². The third-order valence-corrected chi connectivity index (χ3v) is 3.30. The van der Waals surface area contributed by atoms with Gasteiger partial charge in [0.2, 0.25) is 5.96 Å². The molecule has 0 aromatic rings. The lowest BCUT2D eigenvalue weighted by Crippen LogP contribution is -2.49. The molecule has 23 heavy (non-hydrogen) atoms. The molecule has 0 saturated heterocycles. The number of rotatable bonds is 7. The van der Waals surface area contributed by atoms with E-state index in [9.17, 15) is 9.59 Å². The minimum atomic E-state index is -0.741. The number of nitrogens with zero attached hydrogens (tertiary/aromatic N) is 3. The van der Waals surface area contributed by atoms with E-state index in [1.807, 2.05) is 13.8 Å². The van der Waals surface area contributed by atoms with Gasteiger partial charge in [-0.1, -0.05) is 13.8 Å². The highest BCUT2D eigenvalue weighted by molar-refractivity contribution is 6.23. The van der Waals surface area contributed by atoms with Crippen LogP contribution in [0.15, 0.2) is 9.98 Å². The van der Waals surface area contributed by atoms with Gasteiger partial charge in [0.25, 0.3) is 5.91 Å². The van der Waals surface area contributed by atoms with Crippen LogP contribution in [-0.4, -0.2) is 66.9 Å². The number of hydrogen-bond donors (Lipinski definition) is 3. The van der Waals surface area contributed by atoms with Crippen molar-refractivity contribution >= 4 is 30.0 Å². The fourth-order valence-corrected chi connectivity index (χ4v) is 1.90. The van der Waals surface area contributed by atoms with Crippen LogP contribution in [0.3, 0.4) is 0 Å². The molecule has 2 atom stereocenters. The summed E-state index contributed by atoms with van der Waals surface area (Å²) in [7, 11) is 0. The molecule has 0 aliphatic carbocycles. The topological polar surface area (TPSA) is 142 Å². The number of ether oxygens (including phenoxy) is 2. The van der Waals surface area contributed by atoms with E-state index in [1.54, 1.807) is 0 Å². The smallest absolute Gasteiger partial charge is 0.323 e. The number of amides is 1. The maximum Gasteiger partial charge on any atom is 0.323 e. The van der Waals surface area contributed by atoms with E-state index in [1.165, 1.54) is 11.2 Å². The second-order valence-electron chi connectivity index (χ2n) is 5.42. The average Bonchev–Trinajstić information content (AvgIpc) is 2.89. The summed E-state index contributed by atoms with van der Waals surface area (Å²) in [5.74, 6) is -0.735. The van der Waals surface area contributed by atoms with Gasteiger partial charge in [0.05, 0.1) is 12.9 Å². The zero-order valence-corrected chi connectivity index (χ0v) is 13.0. The molecule has 2 rings (SSSR count). The van der Waals surface area contributed by atoms with Crippen molar-refractivity contribution in [1.29, 1.82) is 5.41 Å². The highest BCUT2D eigenvalue weighted by Gasteiger charge is 2.36. The van der Waals surface area contributed by atoms with Gasteiger partial charge in [-0.25, -0.2) is 0 Å². The lowest BCUT2D eigenvalue weighted by atomic mass is 10.1. The van der Waals surface area contributed by atoms with Crippen LogP contribution >= 0.6 is 0 Å². The molecule has 10 nitrogen and oxygen atoms in total. The highest BCUT2D eigenvalue weighted by atomic mass is 16.6. The highest BCUT2D eigenvalue weighted by Crippen LogP contribution is 2.11. The first-order valence-electron chi connectivity index (χ1n) is 7.18. The Labute approximate surface area is 133 Å². The summed E-state index contributed by atoms with van der Waals surface area (Å²) in [6.07, 6.45) is 1.43. The predicted molar refractivity (Wildman–Crippen MR) is 82.0 cm³/mol. The summed E-state index contributed by atoms with van der Waals surface area (Å²) in [6, 6.07) is -1.39. The van der Waals surface area contributed by atoms with Gasteiger partial charge in [0.1, 0.15) is 25.2 Å². The summed E-state index contributed by atoms with van der Waals surface area (Å²) in [4.78, 5) is 32.6. The van der Waals surface area contributed by atoms with E-state index in [4.69, 9.17) is 20.6 Å². The van der Waals surface area contributed by atoms with E-state index in [2.05, 4.69) is 15.3 Å². The molecule has 0 fully saturated rings. The van der Waals surface area contributed by atoms with Crippen molar-refractivity contribution in [2.75, 3.05) is 19.9 Å². The molecule has 2 heterocycles. The first-order chi connectivity index (χ1) is 10.9. The molecule has 0 aromatic heterocycles. The van der Waals surface area contributed by atoms with Crippen LogP contribution in [0.25, 0.3) is 0 Å². The normalized spacial score (nSPS) is 21.1. The Hall–Kier alpha value is -2.33. The summed E-state index contributed by atoms with van der Waals surface area (Å²) in [5, 5.41) is 9.70. The minimum absolute atomic E-state index is 0.00643. The van der Waals surface area contributed by atoms with E-state index >= 15 is 0 Å². The van der Waals surface area contributed by atoms with Crippen LogP contribution in [0.4, 0.5) is 0 Å². The number of aliphatic imine (C=N–C) groups is 2. The maximum absolute atomic E-state index is 11.6. The van der Waals surface area contributed by atoms with Gasteiger partial charge in [-0.3, -0.25) is 30.2 Å². The number of guanidine groups is 1. The van der Waals surface area contributed by atoms with Gasteiger partial charge >= 0.3 is 5.97 Å². The molecular weight excluding hydrogens is 304 g/mol. The Kier molecular flexibility index (Phi) is 5.40. The van der Waals surface area contributed by atoms with Crippen molar-refractivity contribution in [2.24, 2.45) is 21.6 Å². The number of nitrogens with one attached hydrogen (secondary N) is 2. The monoisotopic (exact) mass is 324 g/mol. The lowest BCUT2D eigenvalue weighted by molar-refractivity contribution is -0.148. The molecule has 1 unspecified atom stereocenters. The molecule has 2 aliphatic heterocycles. The van der Waals surface area contributed by atoms with E-state index in [0.29, 0.717) is 5.84 Å². The number of amidine groups is 1. The molecule has 4 N–H and O–H groups in total. The Bertz CT molecular complexity index is 559. The Balaban J connectivity index is 1.71. The average molecular weight is 324 g/mol. The quantitative estimate of drug-likeness (QED) is 0.391. The summed E-state index contributed by atoms with van der Waals surface area (Å²) in [6.45, 7) is 4.01. The number of carbonyl (C=O) groups excluding carboxylic acids is 2. The van der Waals surface area contributed by atoms with E-state index in [-0.39, 0.29) is 31.8 Å². The van der Waals surface area contributed by atoms with Crippen LogP contribution in [-0.2, 0) is 19.1 Å². The summed E-state index contributed by atoms with van der Waals surface area (Å²) in [5.41, 5.74) is 5.66. The van der Waals surface area contributed by atoms with Gasteiger partial charge in [-0.15, -0.1) is 0 Å². The predicted octanol–water partition coefficient (Wildman–Crippen LogP) is -1.34. The molecule has 1 amide bonds. The summed E-state index contributed by atoms with van der Waals surface area (Å²) < 4.78 is 10.4. The fraction of sp³-hybridized carbons (Fsp3) is 0.615. The summed E-state index contributed by atoms with van der Waals surface area (Å²) >= 11 is 0. The van der Waals surface area contributed by atoms with Crippen molar-refractivity contribution in [3.63, 3.8) is 0 Å². The van der Waals surface area contributed by atoms with Crippen molar-refractivity contribution in [2.45, 2.75) is 25.9 Å². The van der Waals surface area contributed by atoms with Crippen LogP contribution < -0.4 is 11.1 Å². The molecule has 2 aliphatic rings. The second kappa shape index (κ2) is 7.29. The Morgan fingerprint density at radius 2 is 2.26 bits per heavy atom. The van der Waals surface area contributed by atoms with E-state index in [0.717, 1.165) is 0 Å². The maximum atomic E-state index is 11.6. The molecule has 126 valence electrons. The second-order valence-corrected chi connectivity index (χ2v) is 5.42. The number of carbonyl (C=O) groups is 2. The van der Waals surface area contributed by atoms with Gasteiger partial charge in [-0.05, 0) is 5.92 Å². The number of esters is 1. The van der Waals surface area contributed by atoms with Gasteiger partial charge in [-0.2, -0.15) is 4.99 Å². The van der Waals surface area contributed by atoms with Crippen LogP contribution in [0.5, 0.6) is 0 Å². The van der Waals surface area contributed by atoms with E-state index < -0.39 is 24.0 Å². The first kappa shape index (κ1) is 17.0. The van der Waals surface area contributed by atoms with Gasteiger partial charge < -0.3 is 15.2 Å². The van der Waals surface area contributed by atoms with Crippen molar-refractivity contribution in [3.8, 4) is 0 Å². The number of fused-ring (bicyclic) bond motifs is 1. The van der Waals surface area contributed by atoms with Crippen LogP contribution in [0.2, 0.25) is 0 Å². The first-order valence-corrected chi connectivity index (χ1v) is 7.18. The molecular formula is C13H20N6O4. The third-order valence-electron chi connectivity index (χ3n) is 3.30.